The van der Waals surface area contributed by atoms with Crippen LogP contribution in [-0.2, 0) is 20.0 Å². The normalized spacial score (nSPS) is 13.7. The van der Waals surface area contributed by atoms with E-state index in [-0.39, 0.29) is 23.6 Å². The molecule has 0 saturated heterocycles. The Bertz CT molecular complexity index is 1930. The van der Waals surface area contributed by atoms with Crippen molar-refractivity contribution < 1.29 is 21.9 Å². The number of fused-ring (bicyclic) bond motifs is 2. The fourth-order valence-electron chi connectivity index (χ4n) is 6.39. The molecule has 4 aromatic carbocycles. The van der Waals surface area contributed by atoms with Crippen LogP contribution in [0.1, 0.15) is 127 Å². The van der Waals surface area contributed by atoms with E-state index in [1.165, 1.54) is 25.7 Å². The Kier molecular flexibility index (Phi) is 26.9. The number of rotatable bonds is 21. The van der Waals surface area contributed by atoms with E-state index in [0.717, 1.165) is 47.2 Å². The van der Waals surface area contributed by atoms with Gasteiger partial charge in [-0.15, -0.1) is 0 Å². The number of hydrogen-bond acceptors (Lipinski definition) is 7. The molecule has 0 radical (unpaired) electrons. The predicted octanol–water partition coefficient (Wildman–Crippen LogP) is 10.4. The minimum atomic E-state index is -3.64. The average molecular weight is 857 g/mol. The summed E-state index contributed by atoms with van der Waals surface area (Å²) in [6, 6.07) is 25.4. The molecule has 59 heavy (non-hydrogen) atoms. The highest BCUT2D eigenvalue weighted by Gasteiger charge is 2.22. The Morgan fingerprint density at radius 3 is 1.41 bits per heavy atom. The van der Waals surface area contributed by atoms with Crippen LogP contribution in [0, 0.1) is 23.7 Å². The third-order valence-corrected chi connectivity index (χ3v) is 13.6. The Balaban J connectivity index is 0.000000501. The van der Waals surface area contributed by atoms with Crippen LogP contribution >= 0.6 is 0 Å². The fraction of sp³-hybridized carbons (Fsp3) is 0.583. The Hall–Kier alpha value is -2.90. The third kappa shape index (κ3) is 21.0. The SMILES string of the molecule is CC(C)CC(CN)CCC(CCO)NS(=O)(=O)c1ccc2ccccc2c1.CC(CCC(CN)C(C)C)NS(=O)(=O)c1ccc2ccccc2c1.CCCC.CCCC. The molecule has 9 nitrogen and oxygen atoms in total. The van der Waals surface area contributed by atoms with Gasteiger partial charge in [-0.2, -0.15) is 0 Å². The van der Waals surface area contributed by atoms with Gasteiger partial charge in [0.05, 0.1) is 9.79 Å². The van der Waals surface area contributed by atoms with Gasteiger partial charge in [-0.25, -0.2) is 26.3 Å². The molecule has 0 amide bonds. The number of unbranched alkanes of at least 4 members (excludes halogenated alkanes) is 2. The van der Waals surface area contributed by atoms with Crippen LogP contribution in [0.15, 0.2) is 94.7 Å². The second kappa shape index (κ2) is 29.4. The van der Waals surface area contributed by atoms with Crippen LogP contribution in [-0.4, -0.2) is 53.7 Å². The molecule has 4 rings (SSSR count). The number of sulfonamides is 2. The second-order valence-electron chi connectivity index (χ2n) is 16.5. The van der Waals surface area contributed by atoms with Crippen molar-refractivity contribution in [2.75, 3.05) is 19.7 Å². The molecule has 0 fully saturated rings. The lowest BCUT2D eigenvalue weighted by Crippen LogP contribution is -2.36. The molecule has 334 valence electrons. The van der Waals surface area contributed by atoms with Crippen LogP contribution in [0.3, 0.4) is 0 Å². The lowest BCUT2D eigenvalue weighted by Gasteiger charge is -2.22. The van der Waals surface area contributed by atoms with E-state index in [1.54, 1.807) is 24.3 Å². The zero-order valence-electron chi connectivity index (χ0n) is 37.8. The summed E-state index contributed by atoms with van der Waals surface area (Å²) in [5.74, 6) is 1.87. The van der Waals surface area contributed by atoms with Gasteiger partial charge < -0.3 is 16.6 Å². The summed E-state index contributed by atoms with van der Waals surface area (Å²) in [5, 5.41) is 13.2. The van der Waals surface area contributed by atoms with Gasteiger partial charge in [0.2, 0.25) is 20.0 Å². The highest BCUT2D eigenvalue weighted by atomic mass is 32.2. The van der Waals surface area contributed by atoms with Crippen molar-refractivity contribution >= 4 is 41.6 Å². The van der Waals surface area contributed by atoms with Crippen molar-refractivity contribution in [1.82, 2.24) is 9.44 Å². The molecule has 0 bridgehead atoms. The van der Waals surface area contributed by atoms with Crippen LogP contribution in [0.25, 0.3) is 21.5 Å². The van der Waals surface area contributed by atoms with Gasteiger partial charge in [-0.3, -0.25) is 0 Å². The number of aliphatic hydroxyl groups excluding tert-OH is 1. The molecule has 4 atom stereocenters. The van der Waals surface area contributed by atoms with Crippen molar-refractivity contribution in [1.29, 1.82) is 0 Å². The minimum absolute atomic E-state index is 0.0532. The maximum Gasteiger partial charge on any atom is 0.240 e. The van der Waals surface area contributed by atoms with E-state index in [4.69, 9.17) is 11.5 Å². The first-order chi connectivity index (χ1) is 28.0. The molecule has 0 heterocycles. The van der Waals surface area contributed by atoms with Crippen molar-refractivity contribution in [3.63, 3.8) is 0 Å². The molecular formula is C48H80N4O5S2. The molecule has 0 saturated carbocycles. The smallest absolute Gasteiger partial charge is 0.240 e. The van der Waals surface area contributed by atoms with Crippen LogP contribution in [0.5, 0.6) is 0 Å². The maximum absolute atomic E-state index is 12.8. The molecule has 11 heteroatoms. The van der Waals surface area contributed by atoms with Gasteiger partial charge >= 0.3 is 0 Å². The molecule has 7 N–H and O–H groups in total. The first-order valence-electron chi connectivity index (χ1n) is 22.0. The summed E-state index contributed by atoms with van der Waals surface area (Å²) >= 11 is 0. The Morgan fingerprint density at radius 2 is 1.02 bits per heavy atom. The van der Waals surface area contributed by atoms with Crippen LogP contribution in [0.2, 0.25) is 0 Å². The third-order valence-electron chi connectivity index (χ3n) is 10.5. The summed E-state index contributed by atoms with van der Waals surface area (Å²) in [6.45, 7) is 20.5. The number of hydrogen-bond donors (Lipinski definition) is 5. The van der Waals surface area contributed by atoms with Crippen molar-refractivity contribution in [2.24, 2.45) is 35.1 Å². The monoisotopic (exact) mass is 857 g/mol. The van der Waals surface area contributed by atoms with Gasteiger partial charge in [0.1, 0.15) is 0 Å². The fourth-order valence-corrected chi connectivity index (χ4v) is 9.04. The molecule has 0 aliphatic rings. The Labute approximate surface area is 359 Å². The molecule has 4 aromatic rings. The van der Waals surface area contributed by atoms with Crippen LogP contribution < -0.4 is 20.9 Å². The molecule has 0 aliphatic carbocycles. The van der Waals surface area contributed by atoms with Gasteiger partial charge in [0.15, 0.2) is 0 Å². The largest absolute Gasteiger partial charge is 0.396 e. The molecule has 0 aliphatic heterocycles. The number of nitrogens with two attached hydrogens (primary N) is 2. The van der Waals surface area contributed by atoms with E-state index in [2.05, 4.69) is 64.8 Å². The highest BCUT2D eigenvalue weighted by molar-refractivity contribution is 7.89. The quantitative estimate of drug-likeness (QED) is 0.0557. The van der Waals surface area contributed by atoms with Gasteiger partial charge in [0.25, 0.3) is 0 Å². The van der Waals surface area contributed by atoms with Gasteiger partial charge in [0, 0.05) is 18.7 Å². The topological polar surface area (TPSA) is 165 Å². The summed E-state index contributed by atoms with van der Waals surface area (Å²) in [7, 11) is -7.15. The molecule has 0 aromatic heterocycles. The van der Waals surface area contributed by atoms with Crippen molar-refractivity contribution in [2.45, 2.75) is 148 Å². The molecular weight excluding hydrogens is 777 g/mol. The first kappa shape index (κ1) is 54.1. The maximum atomic E-state index is 12.8. The van der Waals surface area contributed by atoms with Crippen molar-refractivity contribution in [3.05, 3.63) is 84.9 Å². The lowest BCUT2D eigenvalue weighted by atomic mass is 9.90. The van der Waals surface area contributed by atoms with E-state index in [0.29, 0.717) is 54.5 Å². The lowest BCUT2D eigenvalue weighted by molar-refractivity contribution is 0.261. The summed E-state index contributed by atoms with van der Waals surface area (Å²) in [5.41, 5.74) is 11.7. The highest BCUT2D eigenvalue weighted by Crippen LogP contribution is 2.23. The number of benzene rings is 4. The van der Waals surface area contributed by atoms with E-state index >= 15 is 0 Å². The summed E-state index contributed by atoms with van der Waals surface area (Å²) in [4.78, 5) is 0.564. The van der Waals surface area contributed by atoms with E-state index < -0.39 is 20.0 Å². The standard InChI is InChI=1S/C21H32N2O3S.C19H28N2O2S.2C4H10/c1-16(2)13-17(15-22)7-9-20(11-12-24)23-27(25,26)21-10-8-18-5-3-4-6-19(18)14-21;1-14(2)18(13-20)9-8-15(3)21-24(22,23)19-11-10-16-6-4-5-7-17(16)12-19;2*1-3-4-2/h3-6,8,10,14,16-17,20,23-24H,7,9,11-13,15,22H2,1-2H3;4-7,10-12,14-15,18,21H,8-9,13,20H2,1-3H3;2*3-4H2,1-2H3. The van der Waals surface area contributed by atoms with E-state index in [1.807, 2.05) is 67.6 Å². The summed E-state index contributed by atoms with van der Waals surface area (Å²) < 4.78 is 56.4. The van der Waals surface area contributed by atoms with Crippen molar-refractivity contribution in [3.8, 4) is 0 Å². The second-order valence-corrected chi connectivity index (χ2v) is 19.9. The molecule has 0 spiro atoms. The first-order valence-corrected chi connectivity index (χ1v) is 25.0. The van der Waals surface area contributed by atoms with E-state index in [9.17, 15) is 21.9 Å². The van der Waals surface area contributed by atoms with Gasteiger partial charge in [-0.05, 0) is 128 Å². The number of nitrogens with one attached hydrogen (secondary N) is 2. The zero-order chi connectivity index (χ0) is 44.4. The van der Waals surface area contributed by atoms with Crippen LogP contribution in [0.4, 0.5) is 0 Å². The Morgan fingerprint density at radius 1 is 0.559 bits per heavy atom. The zero-order valence-corrected chi connectivity index (χ0v) is 39.4. The van der Waals surface area contributed by atoms with Gasteiger partial charge in [-0.1, -0.05) is 142 Å². The summed E-state index contributed by atoms with van der Waals surface area (Å²) in [6.07, 6.45) is 9.93. The minimum Gasteiger partial charge on any atom is -0.396 e. The number of aliphatic hydroxyl groups is 1. The predicted molar refractivity (Wildman–Crippen MR) is 253 cm³/mol. The molecule has 4 unspecified atom stereocenters. The average Bonchev–Trinajstić information content (AvgIpc) is 3.22.